The number of thiazole rings is 1. The summed E-state index contributed by atoms with van der Waals surface area (Å²) < 4.78 is 0. The fourth-order valence-electron chi connectivity index (χ4n) is 2.71. The van der Waals surface area contributed by atoms with E-state index in [1.807, 2.05) is 11.3 Å². The number of aryl methyl sites for hydroxylation is 2. The third-order valence-corrected chi connectivity index (χ3v) is 5.21. The third kappa shape index (κ3) is 2.69. The van der Waals surface area contributed by atoms with Crippen molar-refractivity contribution in [3.05, 3.63) is 10.6 Å². The lowest BCUT2D eigenvalue weighted by Crippen LogP contribution is -2.39. The normalized spacial score (nSPS) is 24.2. The lowest BCUT2D eigenvalue weighted by molar-refractivity contribution is 0.376. The Morgan fingerprint density at radius 1 is 1.33 bits per heavy atom. The Balaban J connectivity index is 1.71. The highest BCUT2D eigenvalue weighted by Crippen LogP contribution is 2.36. The zero-order chi connectivity index (χ0) is 12.5. The second-order valence-corrected chi connectivity index (χ2v) is 6.92. The van der Waals surface area contributed by atoms with Crippen LogP contribution in [0.3, 0.4) is 0 Å². The van der Waals surface area contributed by atoms with Crippen LogP contribution in [0.2, 0.25) is 0 Å². The minimum Gasteiger partial charge on any atom is -0.345 e. The van der Waals surface area contributed by atoms with Crippen LogP contribution in [-0.4, -0.2) is 30.7 Å². The smallest absolute Gasteiger partial charge is 0.186 e. The van der Waals surface area contributed by atoms with E-state index >= 15 is 0 Å². The molecule has 0 bridgehead atoms. The molecule has 18 heavy (non-hydrogen) atoms. The first-order valence-corrected chi connectivity index (χ1v) is 7.97. The Morgan fingerprint density at radius 2 is 2.17 bits per heavy atom. The molecule has 1 saturated carbocycles. The van der Waals surface area contributed by atoms with Crippen molar-refractivity contribution in [2.24, 2.45) is 5.92 Å². The molecular formula is C14H23N3S. The van der Waals surface area contributed by atoms with Crippen LogP contribution in [0.15, 0.2) is 0 Å². The van der Waals surface area contributed by atoms with Crippen LogP contribution in [0, 0.1) is 19.8 Å². The van der Waals surface area contributed by atoms with Gasteiger partial charge in [0.05, 0.1) is 5.69 Å². The van der Waals surface area contributed by atoms with Gasteiger partial charge in [0, 0.05) is 17.5 Å². The maximum atomic E-state index is 4.76. The first kappa shape index (κ1) is 12.4. The van der Waals surface area contributed by atoms with Crippen molar-refractivity contribution in [1.82, 2.24) is 10.3 Å². The Labute approximate surface area is 114 Å². The van der Waals surface area contributed by atoms with E-state index in [0.29, 0.717) is 0 Å². The molecule has 100 valence electrons. The largest absolute Gasteiger partial charge is 0.345 e. The molecule has 1 aliphatic carbocycles. The molecule has 1 atom stereocenters. The zero-order valence-corrected chi connectivity index (χ0v) is 12.2. The number of piperidine rings is 1. The van der Waals surface area contributed by atoms with Crippen LogP contribution in [-0.2, 0) is 0 Å². The van der Waals surface area contributed by atoms with Gasteiger partial charge in [0.1, 0.15) is 0 Å². The number of nitrogens with one attached hydrogen (secondary N) is 1. The number of aromatic nitrogens is 1. The maximum Gasteiger partial charge on any atom is 0.186 e. The van der Waals surface area contributed by atoms with Crippen molar-refractivity contribution >= 4 is 16.5 Å². The molecule has 1 aliphatic heterocycles. The predicted octanol–water partition coefficient (Wildman–Crippen LogP) is 2.73. The van der Waals surface area contributed by atoms with Gasteiger partial charge in [0.25, 0.3) is 0 Å². The molecule has 1 N–H and O–H groups in total. The summed E-state index contributed by atoms with van der Waals surface area (Å²) in [4.78, 5) is 8.72. The van der Waals surface area contributed by atoms with Crippen molar-refractivity contribution in [3.8, 4) is 0 Å². The molecule has 1 aromatic rings. The molecule has 0 radical (unpaired) electrons. The van der Waals surface area contributed by atoms with Crippen LogP contribution in [0.1, 0.15) is 36.3 Å². The lowest BCUT2D eigenvalue weighted by Gasteiger charge is -2.30. The Bertz CT molecular complexity index is 386. The summed E-state index contributed by atoms with van der Waals surface area (Å²) in [6.45, 7) is 7.90. The number of nitrogens with zero attached hydrogens (tertiary/aromatic N) is 2. The fraction of sp³-hybridized carbons (Fsp3) is 0.786. The van der Waals surface area contributed by atoms with Gasteiger partial charge in [-0.25, -0.2) is 4.98 Å². The van der Waals surface area contributed by atoms with Gasteiger partial charge < -0.3 is 10.2 Å². The summed E-state index contributed by atoms with van der Waals surface area (Å²) >= 11 is 1.87. The first-order valence-electron chi connectivity index (χ1n) is 7.15. The van der Waals surface area contributed by atoms with Gasteiger partial charge in [-0.05, 0) is 58.5 Å². The second kappa shape index (κ2) is 5.17. The van der Waals surface area contributed by atoms with Crippen LogP contribution in [0.4, 0.5) is 5.13 Å². The molecular weight excluding hydrogens is 242 g/mol. The first-order chi connectivity index (χ1) is 8.74. The van der Waals surface area contributed by atoms with E-state index in [1.165, 1.54) is 61.0 Å². The topological polar surface area (TPSA) is 28.2 Å². The van der Waals surface area contributed by atoms with Crippen molar-refractivity contribution in [2.45, 2.75) is 45.6 Å². The zero-order valence-electron chi connectivity index (χ0n) is 11.4. The van der Waals surface area contributed by atoms with Gasteiger partial charge in [-0.15, -0.1) is 11.3 Å². The van der Waals surface area contributed by atoms with E-state index in [-0.39, 0.29) is 0 Å². The van der Waals surface area contributed by atoms with Gasteiger partial charge in [0.2, 0.25) is 0 Å². The van der Waals surface area contributed by atoms with Crippen molar-refractivity contribution < 1.29 is 0 Å². The van der Waals surface area contributed by atoms with Gasteiger partial charge in [-0.2, -0.15) is 0 Å². The standard InChI is InChI=1S/C14H23N3S/c1-10-11(2)18-14(16-10)17(13-5-6-13)9-12-4-3-7-15-8-12/h12-13,15H,3-9H2,1-2H3. The van der Waals surface area contributed by atoms with Crippen molar-refractivity contribution in [2.75, 3.05) is 24.5 Å². The van der Waals surface area contributed by atoms with E-state index in [2.05, 4.69) is 24.1 Å². The Hall–Kier alpha value is -0.610. The molecule has 3 rings (SSSR count). The third-order valence-electron chi connectivity index (χ3n) is 4.10. The summed E-state index contributed by atoms with van der Waals surface area (Å²) in [7, 11) is 0. The van der Waals surface area contributed by atoms with Gasteiger partial charge in [0.15, 0.2) is 5.13 Å². The maximum absolute atomic E-state index is 4.76. The van der Waals surface area contributed by atoms with Crippen molar-refractivity contribution in [3.63, 3.8) is 0 Å². The molecule has 1 saturated heterocycles. The molecule has 0 amide bonds. The monoisotopic (exact) mass is 265 g/mol. The number of hydrogen-bond donors (Lipinski definition) is 1. The Kier molecular flexibility index (Phi) is 3.57. The second-order valence-electron chi connectivity index (χ2n) is 5.73. The van der Waals surface area contributed by atoms with Crippen LogP contribution in [0.5, 0.6) is 0 Å². The average Bonchev–Trinajstić information content (AvgIpc) is 3.15. The summed E-state index contributed by atoms with van der Waals surface area (Å²) in [6, 6.07) is 0.775. The summed E-state index contributed by atoms with van der Waals surface area (Å²) in [5.41, 5.74) is 1.21. The summed E-state index contributed by atoms with van der Waals surface area (Å²) in [5, 5.41) is 4.79. The summed E-state index contributed by atoms with van der Waals surface area (Å²) in [6.07, 6.45) is 5.42. The lowest BCUT2D eigenvalue weighted by atomic mass is 9.99. The molecule has 0 spiro atoms. The van der Waals surface area contributed by atoms with Gasteiger partial charge >= 0.3 is 0 Å². The van der Waals surface area contributed by atoms with E-state index < -0.39 is 0 Å². The van der Waals surface area contributed by atoms with Gasteiger partial charge in [-0.3, -0.25) is 0 Å². The van der Waals surface area contributed by atoms with Crippen molar-refractivity contribution in [1.29, 1.82) is 0 Å². The van der Waals surface area contributed by atoms with Crippen LogP contribution < -0.4 is 10.2 Å². The molecule has 3 nitrogen and oxygen atoms in total. The highest BCUT2D eigenvalue weighted by atomic mass is 32.1. The van der Waals surface area contributed by atoms with Crippen LogP contribution >= 0.6 is 11.3 Å². The number of anilines is 1. The van der Waals surface area contributed by atoms with E-state index in [1.54, 1.807) is 0 Å². The average molecular weight is 265 g/mol. The minimum atomic E-state index is 0.775. The number of hydrogen-bond acceptors (Lipinski definition) is 4. The Morgan fingerprint density at radius 3 is 2.72 bits per heavy atom. The predicted molar refractivity (Wildman–Crippen MR) is 77.5 cm³/mol. The molecule has 2 aliphatic rings. The molecule has 1 aromatic heterocycles. The molecule has 0 aromatic carbocycles. The molecule has 2 fully saturated rings. The highest BCUT2D eigenvalue weighted by Gasteiger charge is 2.32. The van der Waals surface area contributed by atoms with Crippen LogP contribution in [0.25, 0.3) is 0 Å². The molecule has 4 heteroatoms. The molecule has 2 heterocycles. The van der Waals surface area contributed by atoms with E-state index in [0.717, 1.165) is 12.0 Å². The van der Waals surface area contributed by atoms with Gasteiger partial charge in [-0.1, -0.05) is 0 Å². The van der Waals surface area contributed by atoms with E-state index in [9.17, 15) is 0 Å². The summed E-state index contributed by atoms with van der Waals surface area (Å²) in [5.74, 6) is 0.809. The fourth-order valence-corrected chi connectivity index (χ4v) is 3.70. The number of rotatable bonds is 4. The molecule has 1 unspecified atom stereocenters. The highest BCUT2D eigenvalue weighted by molar-refractivity contribution is 7.15. The van der Waals surface area contributed by atoms with E-state index in [4.69, 9.17) is 4.98 Å². The quantitative estimate of drug-likeness (QED) is 0.907. The minimum absolute atomic E-state index is 0.775. The SMILES string of the molecule is Cc1nc(N(CC2CCCNC2)C2CC2)sc1C.